The summed E-state index contributed by atoms with van der Waals surface area (Å²) < 4.78 is 22.7. The molecule has 0 saturated carbocycles. The summed E-state index contributed by atoms with van der Waals surface area (Å²) in [6, 6.07) is -2.13. The number of carbonyl (C=O) groups is 2. The van der Waals surface area contributed by atoms with Gasteiger partial charge >= 0.3 is 0 Å². The van der Waals surface area contributed by atoms with E-state index in [2.05, 4.69) is 10.6 Å². The number of carbonyl (C=O) groups excluding carboxylic acids is 2. The van der Waals surface area contributed by atoms with Crippen LogP contribution in [0.25, 0.3) is 0 Å². The third-order valence-electron chi connectivity index (χ3n) is 8.03. The quantitative estimate of drug-likeness (QED) is 0.0759. The molecule has 43 heavy (non-hydrogen) atoms. The molecule has 2 rings (SSSR count). The molecule has 14 atom stereocenters. The summed E-state index contributed by atoms with van der Waals surface area (Å²) in [6.07, 6.45) is -14.2. The van der Waals surface area contributed by atoms with Gasteiger partial charge in [0.15, 0.2) is 6.10 Å². The topological polar surface area (TPSA) is 277 Å². The van der Waals surface area contributed by atoms with E-state index in [4.69, 9.17) is 24.1 Å². The Balaban J connectivity index is 2.19. The average Bonchev–Trinajstić information content (AvgIpc) is 2.99. The number of aliphatic hydroxyl groups is 9. The van der Waals surface area contributed by atoms with Crippen LogP contribution in [0.2, 0.25) is 0 Å². The third kappa shape index (κ3) is 9.46. The van der Waals surface area contributed by atoms with Gasteiger partial charge in [0.05, 0.1) is 76.1 Å². The van der Waals surface area contributed by atoms with E-state index in [1.807, 2.05) is 0 Å². The Morgan fingerprint density at radius 1 is 0.791 bits per heavy atom. The highest BCUT2D eigenvalue weighted by atomic mass is 16.6. The van der Waals surface area contributed by atoms with Crippen molar-refractivity contribution in [3.8, 4) is 0 Å². The highest BCUT2D eigenvalue weighted by molar-refractivity contribution is 5.81. The van der Waals surface area contributed by atoms with E-state index < -0.39 is 117 Å². The van der Waals surface area contributed by atoms with Crippen LogP contribution < -0.4 is 10.6 Å². The molecule has 0 radical (unpaired) electrons. The fraction of sp³-hybridized carbons (Fsp3) is 0.923. The molecule has 2 aliphatic heterocycles. The first-order chi connectivity index (χ1) is 20.4. The molecule has 2 aliphatic rings. The van der Waals surface area contributed by atoms with Crippen molar-refractivity contribution in [2.75, 3.05) is 46.8 Å². The summed E-state index contributed by atoms with van der Waals surface area (Å²) in [5.41, 5.74) is 0. The van der Waals surface area contributed by atoms with Gasteiger partial charge < -0.3 is 75.5 Å². The average molecular weight is 629 g/mol. The third-order valence-corrected chi connectivity index (χ3v) is 8.03. The molecule has 0 aliphatic carbocycles. The number of nitrogens with one attached hydrogen (secondary N) is 2. The Bertz CT molecular complexity index is 855. The summed E-state index contributed by atoms with van der Waals surface area (Å²) in [7, 11) is 1.42. The number of aliphatic hydroxyl groups excluding tert-OH is 9. The highest BCUT2D eigenvalue weighted by Crippen LogP contribution is 2.31. The van der Waals surface area contributed by atoms with Crippen LogP contribution in [0.5, 0.6) is 0 Å². The first kappa shape index (κ1) is 37.6. The fourth-order valence-electron chi connectivity index (χ4n) is 5.59. The summed E-state index contributed by atoms with van der Waals surface area (Å²) in [5, 5.41) is 95.8. The van der Waals surface area contributed by atoms with Crippen molar-refractivity contribution in [3.63, 3.8) is 0 Å². The minimum absolute atomic E-state index is 0.0267. The summed E-state index contributed by atoms with van der Waals surface area (Å²) in [6.45, 7) is 0.560. The zero-order chi connectivity index (χ0) is 32.4. The van der Waals surface area contributed by atoms with Gasteiger partial charge in [-0.1, -0.05) is 6.92 Å². The van der Waals surface area contributed by atoms with Crippen molar-refractivity contribution in [2.24, 2.45) is 11.8 Å². The smallest absolute Gasteiger partial charge is 0.252 e. The molecule has 2 saturated heterocycles. The van der Waals surface area contributed by atoms with Gasteiger partial charge in [0.25, 0.3) is 5.91 Å². The predicted molar refractivity (Wildman–Crippen MR) is 144 cm³/mol. The molecule has 252 valence electrons. The van der Waals surface area contributed by atoms with Gasteiger partial charge in [0.2, 0.25) is 5.91 Å². The van der Waals surface area contributed by atoms with Crippen molar-refractivity contribution in [1.82, 2.24) is 10.6 Å². The Morgan fingerprint density at radius 3 is 1.84 bits per heavy atom. The van der Waals surface area contributed by atoms with Gasteiger partial charge in [0, 0.05) is 25.9 Å². The molecule has 8 unspecified atom stereocenters. The second-order valence-electron chi connectivity index (χ2n) is 10.9. The normalized spacial score (nSPS) is 35.9. The van der Waals surface area contributed by atoms with Crippen LogP contribution in [0, 0.1) is 11.8 Å². The van der Waals surface area contributed by atoms with Crippen LogP contribution in [-0.2, 0) is 28.5 Å². The Morgan fingerprint density at radius 2 is 1.33 bits per heavy atom. The molecular formula is C26H48N2O15. The number of methoxy groups -OCH3 is 1. The van der Waals surface area contributed by atoms with E-state index >= 15 is 0 Å². The Kier molecular flexibility index (Phi) is 15.6. The maximum atomic E-state index is 12.8. The maximum absolute atomic E-state index is 12.8. The second-order valence-corrected chi connectivity index (χ2v) is 10.9. The zero-order valence-electron chi connectivity index (χ0n) is 24.5. The van der Waals surface area contributed by atoms with E-state index in [9.17, 15) is 50.4 Å². The number of hydrogen-bond donors (Lipinski definition) is 11. The molecule has 11 N–H and O–H groups in total. The first-order valence-electron chi connectivity index (χ1n) is 14.2. The highest BCUT2D eigenvalue weighted by Gasteiger charge is 2.48. The monoisotopic (exact) mass is 628 g/mol. The van der Waals surface area contributed by atoms with Crippen molar-refractivity contribution in [3.05, 3.63) is 0 Å². The van der Waals surface area contributed by atoms with Crippen LogP contribution >= 0.6 is 0 Å². The van der Waals surface area contributed by atoms with Gasteiger partial charge in [-0.3, -0.25) is 9.59 Å². The molecule has 17 heteroatoms. The van der Waals surface area contributed by atoms with E-state index in [0.717, 1.165) is 0 Å². The summed E-state index contributed by atoms with van der Waals surface area (Å²) in [5.74, 6) is -3.15. The van der Waals surface area contributed by atoms with Crippen molar-refractivity contribution >= 4 is 11.8 Å². The van der Waals surface area contributed by atoms with Gasteiger partial charge in [-0.25, -0.2) is 0 Å². The SMILES string of the molecule is CC[C@@H]1C(CO)O[C@@H](COC[C@@H]2C(CO)O[C@@H](COC)C(NC(C)=O)[C@@H]2O)C(NC(=O)C(O)C(O)C(O)C(O)CO)[C@@H]1O. The van der Waals surface area contributed by atoms with Gasteiger partial charge in [-0.15, -0.1) is 0 Å². The fourth-order valence-corrected chi connectivity index (χ4v) is 5.59. The number of hydrogen-bond acceptors (Lipinski definition) is 15. The summed E-state index contributed by atoms with van der Waals surface area (Å²) >= 11 is 0. The molecule has 0 aromatic heterocycles. The zero-order valence-corrected chi connectivity index (χ0v) is 24.5. The molecule has 0 spiro atoms. The lowest BCUT2D eigenvalue weighted by atomic mass is 9.83. The van der Waals surface area contributed by atoms with Crippen molar-refractivity contribution in [2.45, 2.75) is 93.4 Å². The Labute approximate surface area is 249 Å². The minimum atomic E-state index is -2.27. The van der Waals surface area contributed by atoms with E-state index in [-0.39, 0.29) is 19.8 Å². The number of amides is 2. The molecule has 2 heterocycles. The van der Waals surface area contributed by atoms with E-state index in [1.165, 1.54) is 14.0 Å². The lowest BCUT2D eigenvalue weighted by Gasteiger charge is -2.46. The van der Waals surface area contributed by atoms with Gasteiger partial charge in [-0.05, 0) is 6.42 Å². The standard InChI is InChI=1S/C26H48N2O15/c1-4-12-15(6-30)42-18(20(21(12)34)28-26(39)25(38)24(37)23(36)14(33)5-29)10-41-8-13-16(7-31)43-17(9-40-3)19(22(13)35)27-11(2)32/h12-25,29-31,33-38H,4-10H2,1-3H3,(H,27,32)(H,28,39)/t12-,13-,14?,15?,16?,17+,18+,19?,20?,21-,22-,23?,24?,25?/m1/s1. The van der Waals surface area contributed by atoms with Gasteiger partial charge in [-0.2, -0.15) is 0 Å². The largest absolute Gasteiger partial charge is 0.394 e. The van der Waals surface area contributed by atoms with Crippen LogP contribution in [-0.4, -0.2) is 178 Å². The van der Waals surface area contributed by atoms with Gasteiger partial charge in [0.1, 0.15) is 30.5 Å². The lowest BCUT2D eigenvalue weighted by Crippen LogP contribution is -2.65. The molecule has 2 amide bonds. The lowest BCUT2D eigenvalue weighted by molar-refractivity contribution is -0.206. The Hall–Kier alpha value is -1.58. The van der Waals surface area contributed by atoms with Crippen molar-refractivity contribution in [1.29, 1.82) is 0 Å². The predicted octanol–water partition coefficient (Wildman–Crippen LogP) is -6.04. The van der Waals surface area contributed by atoms with Crippen LogP contribution in [0.1, 0.15) is 20.3 Å². The number of ether oxygens (including phenoxy) is 4. The molecule has 0 aromatic rings. The minimum Gasteiger partial charge on any atom is -0.394 e. The van der Waals surface area contributed by atoms with Crippen LogP contribution in [0.3, 0.4) is 0 Å². The summed E-state index contributed by atoms with van der Waals surface area (Å²) in [4.78, 5) is 24.6. The molecule has 0 aromatic carbocycles. The van der Waals surface area contributed by atoms with Crippen molar-refractivity contribution < 1.29 is 74.5 Å². The van der Waals surface area contributed by atoms with E-state index in [1.54, 1.807) is 6.92 Å². The van der Waals surface area contributed by atoms with Crippen LogP contribution in [0.4, 0.5) is 0 Å². The molecule has 2 fully saturated rings. The maximum Gasteiger partial charge on any atom is 0.252 e. The molecular weight excluding hydrogens is 580 g/mol. The van der Waals surface area contributed by atoms with Crippen LogP contribution in [0.15, 0.2) is 0 Å². The molecule has 0 bridgehead atoms. The second kappa shape index (κ2) is 17.8. The number of rotatable bonds is 16. The first-order valence-corrected chi connectivity index (χ1v) is 14.2. The molecule has 17 nitrogen and oxygen atoms in total. The van der Waals surface area contributed by atoms with E-state index in [0.29, 0.717) is 6.42 Å².